The molecular weight excluding hydrogens is 436 g/mol. The summed E-state index contributed by atoms with van der Waals surface area (Å²) in [5, 5.41) is 5.88. The predicted molar refractivity (Wildman–Crippen MR) is 136 cm³/mol. The molecule has 0 aliphatic heterocycles. The molecule has 34 heavy (non-hydrogen) atoms. The number of hydrogen-bond donors (Lipinski definition) is 2. The van der Waals surface area contributed by atoms with Gasteiger partial charge in [-0.25, -0.2) is 0 Å². The van der Waals surface area contributed by atoms with Gasteiger partial charge in [-0.15, -0.1) is 0 Å². The molecule has 202 valence electrons. The van der Waals surface area contributed by atoms with E-state index in [1.54, 1.807) is 0 Å². The molecule has 0 spiro atoms. The van der Waals surface area contributed by atoms with E-state index in [-0.39, 0.29) is 24.3 Å². The van der Waals surface area contributed by atoms with E-state index in [9.17, 15) is 9.59 Å². The Morgan fingerprint density at radius 2 is 1.24 bits per heavy atom. The highest BCUT2D eigenvalue weighted by atomic mass is 16.6. The molecule has 0 fully saturated rings. The van der Waals surface area contributed by atoms with Gasteiger partial charge in [0.05, 0.1) is 46.2 Å². The molecule has 0 aliphatic rings. The van der Waals surface area contributed by atoms with E-state index >= 15 is 0 Å². The van der Waals surface area contributed by atoms with Crippen molar-refractivity contribution in [2.24, 2.45) is 11.8 Å². The molecule has 8 nitrogen and oxygen atoms in total. The third-order valence-corrected chi connectivity index (χ3v) is 5.51. The highest BCUT2D eigenvalue weighted by Gasteiger charge is 2.16. The van der Waals surface area contributed by atoms with Gasteiger partial charge in [0.25, 0.3) is 0 Å². The normalized spacial score (nSPS) is 12.9. The third-order valence-electron chi connectivity index (χ3n) is 5.51. The molecule has 2 unspecified atom stereocenters. The Kier molecular flexibility index (Phi) is 24.0. The molecule has 2 atom stereocenters. The van der Waals surface area contributed by atoms with E-state index in [0.29, 0.717) is 65.3 Å². The lowest BCUT2D eigenvalue weighted by Crippen LogP contribution is -2.33. The lowest BCUT2D eigenvalue weighted by molar-refractivity contribution is -0.127. The van der Waals surface area contributed by atoms with Crippen LogP contribution >= 0.6 is 0 Å². The van der Waals surface area contributed by atoms with Crippen LogP contribution in [0.4, 0.5) is 0 Å². The van der Waals surface area contributed by atoms with Gasteiger partial charge in [-0.1, -0.05) is 59.8 Å². The maximum atomic E-state index is 12.2. The summed E-state index contributed by atoms with van der Waals surface area (Å²) in [6.45, 7) is 13.1. The monoisotopic (exact) mass is 488 g/mol. The van der Waals surface area contributed by atoms with Crippen molar-refractivity contribution in [2.45, 2.75) is 79.1 Å². The van der Waals surface area contributed by atoms with Gasteiger partial charge in [0.15, 0.2) is 0 Å². The summed E-state index contributed by atoms with van der Waals surface area (Å²) < 4.78 is 21.7. The molecule has 8 heteroatoms. The molecule has 0 aromatic heterocycles. The molecule has 0 saturated heterocycles. The standard InChI is InChI=1S/C26H52N2O6/c1-5-8-11-23(4)21-28-25(29)22-34-20-19-33-18-17-32-16-15-31-14-13-27-26(30)24(10-7-3)12-9-6-2/h23-24H,5-22H2,1-4H3,(H,27,30)(H,28,29). The Labute approximate surface area is 208 Å². The van der Waals surface area contributed by atoms with Gasteiger partial charge >= 0.3 is 0 Å². The van der Waals surface area contributed by atoms with E-state index in [2.05, 4.69) is 38.3 Å². The SMILES string of the molecule is CCCCC(C)CNC(=O)COCCOCCOCCOCCNC(=O)C(CCC)CCCC. The molecule has 0 radical (unpaired) electrons. The van der Waals surface area contributed by atoms with Gasteiger partial charge in [0.1, 0.15) is 6.61 Å². The van der Waals surface area contributed by atoms with Gasteiger partial charge < -0.3 is 29.6 Å². The van der Waals surface area contributed by atoms with Crippen LogP contribution in [0.5, 0.6) is 0 Å². The summed E-state index contributed by atoms with van der Waals surface area (Å²) in [6.07, 6.45) is 8.67. The van der Waals surface area contributed by atoms with Gasteiger partial charge in [-0.05, 0) is 25.2 Å². The van der Waals surface area contributed by atoms with E-state index in [4.69, 9.17) is 18.9 Å². The number of hydrogen-bond acceptors (Lipinski definition) is 6. The summed E-state index contributed by atoms with van der Waals surface area (Å²) in [5.41, 5.74) is 0. The first kappa shape index (κ1) is 32.8. The minimum atomic E-state index is -0.0801. The van der Waals surface area contributed by atoms with Crippen molar-refractivity contribution in [1.82, 2.24) is 10.6 Å². The fraction of sp³-hybridized carbons (Fsp3) is 0.923. The second-order valence-corrected chi connectivity index (χ2v) is 8.86. The summed E-state index contributed by atoms with van der Waals surface area (Å²) in [4.78, 5) is 23.9. The largest absolute Gasteiger partial charge is 0.377 e. The van der Waals surface area contributed by atoms with Crippen LogP contribution in [0.15, 0.2) is 0 Å². The zero-order valence-electron chi connectivity index (χ0n) is 22.3. The molecule has 0 rings (SSSR count). The second kappa shape index (κ2) is 24.9. The zero-order chi connectivity index (χ0) is 25.3. The maximum Gasteiger partial charge on any atom is 0.246 e. The number of nitrogens with one attached hydrogen (secondary N) is 2. The van der Waals surface area contributed by atoms with Crippen molar-refractivity contribution in [2.75, 3.05) is 65.9 Å². The Morgan fingerprint density at radius 1 is 0.676 bits per heavy atom. The Hall–Kier alpha value is -1.22. The van der Waals surface area contributed by atoms with Gasteiger partial charge in [-0.3, -0.25) is 9.59 Å². The lowest BCUT2D eigenvalue weighted by Gasteiger charge is -2.15. The third kappa shape index (κ3) is 21.3. The van der Waals surface area contributed by atoms with Crippen LogP contribution in [-0.2, 0) is 28.5 Å². The first-order valence-electron chi connectivity index (χ1n) is 13.4. The quantitative estimate of drug-likeness (QED) is 0.190. The zero-order valence-corrected chi connectivity index (χ0v) is 22.3. The Bertz CT molecular complexity index is 478. The number of ether oxygens (including phenoxy) is 4. The van der Waals surface area contributed by atoms with E-state index in [0.717, 1.165) is 38.5 Å². The highest BCUT2D eigenvalue weighted by Crippen LogP contribution is 2.14. The van der Waals surface area contributed by atoms with Crippen LogP contribution in [-0.4, -0.2) is 77.8 Å². The molecule has 0 aromatic carbocycles. The van der Waals surface area contributed by atoms with Crippen molar-refractivity contribution in [1.29, 1.82) is 0 Å². The van der Waals surface area contributed by atoms with Crippen molar-refractivity contribution < 1.29 is 28.5 Å². The Balaban J connectivity index is 3.42. The minimum Gasteiger partial charge on any atom is -0.377 e. The van der Waals surface area contributed by atoms with Crippen LogP contribution < -0.4 is 10.6 Å². The second-order valence-electron chi connectivity index (χ2n) is 8.86. The lowest BCUT2D eigenvalue weighted by atomic mass is 9.96. The fourth-order valence-electron chi connectivity index (χ4n) is 3.41. The predicted octanol–water partition coefficient (Wildman–Crippen LogP) is 3.72. The van der Waals surface area contributed by atoms with Crippen molar-refractivity contribution in [3.05, 3.63) is 0 Å². The first-order chi connectivity index (χ1) is 16.5. The minimum absolute atomic E-state index is 0.0656. The van der Waals surface area contributed by atoms with Gasteiger partial charge in [0, 0.05) is 19.0 Å². The molecule has 0 saturated carbocycles. The van der Waals surface area contributed by atoms with Crippen molar-refractivity contribution in [3.63, 3.8) is 0 Å². The number of unbranched alkanes of at least 4 members (excludes halogenated alkanes) is 2. The number of rotatable bonds is 25. The first-order valence-corrected chi connectivity index (χ1v) is 13.4. The van der Waals surface area contributed by atoms with Gasteiger partial charge in [-0.2, -0.15) is 0 Å². The van der Waals surface area contributed by atoms with E-state index in [1.807, 2.05) is 0 Å². The summed E-state index contributed by atoms with van der Waals surface area (Å²) in [7, 11) is 0. The van der Waals surface area contributed by atoms with Crippen molar-refractivity contribution in [3.8, 4) is 0 Å². The average Bonchev–Trinajstić information content (AvgIpc) is 2.83. The maximum absolute atomic E-state index is 12.2. The topological polar surface area (TPSA) is 95.1 Å². The molecule has 0 heterocycles. The summed E-state index contributed by atoms with van der Waals surface area (Å²) >= 11 is 0. The number of amides is 2. The van der Waals surface area contributed by atoms with Crippen LogP contribution in [0.3, 0.4) is 0 Å². The molecule has 0 aromatic rings. The fourth-order valence-corrected chi connectivity index (χ4v) is 3.41. The average molecular weight is 489 g/mol. The van der Waals surface area contributed by atoms with Crippen molar-refractivity contribution >= 4 is 11.8 Å². The molecule has 0 aliphatic carbocycles. The summed E-state index contributed by atoms with van der Waals surface area (Å²) in [6, 6.07) is 0. The van der Waals surface area contributed by atoms with E-state index in [1.165, 1.54) is 12.8 Å². The number of carbonyl (C=O) groups is 2. The molecule has 2 amide bonds. The molecular formula is C26H52N2O6. The van der Waals surface area contributed by atoms with E-state index < -0.39 is 0 Å². The highest BCUT2D eigenvalue weighted by molar-refractivity contribution is 5.78. The van der Waals surface area contributed by atoms with Crippen LogP contribution in [0.2, 0.25) is 0 Å². The summed E-state index contributed by atoms with van der Waals surface area (Å²) in [5.74, 6) is 0.689. The smallest absolute Gasteiger partial charge is 0.246 e. The Morgan fingerprint density at radius 3 is 1.82 bits per heavy atom. The van der Waals surface area contributed by atoms with Crippen LogP contribution in [0.1, 0.15) is 79.1 Å². The molecule has 2 N–H and O–H groups in total. The van der Waals surface area contributed by atoms with Crippen LogP contribution in [0, 0.1) is 11.8 Å². The number of carbonyl (C=O) groups excluding carboxylic acids is 2. The molecule has 0 bridgehead atoms. The van der Waals surface area contributed by atoms with Gasteiger partial charge in [0.2, 0.25) is 11.8 Å². The van der Waals surface area contributed by atoms with Crippen LogP contribution in [0.25, 0.3) is 0 Å².